The molecular weight excluding hydrogens is 785 g/mol. The molecule has 10 heteroatoms. The fourth-order valence-electron chi connectivity index (χ4n) is 9.95. The van der Waals surface area contributed by atoms with Crippen LogP contribution in [0.3, 0.4) is 0 Å². The molecule has 2 N–H and O–H groups in total. The maximum Gasteiger partial charge on any atom is 0.339 e. The highest BCUT2D eigenvalue weighted by atomic mass is 16.6. The van der Waals surface area contributed by atoms with Crippen molar-refractivity contribution in [3.63, 3.8) is 0 Å². The molecule has 1 aromatic heterocycles. The number of carbonyl (C=O) groups is 2. The molecule has 0 amide bonds. The van der Waals surface area contributed by atoms with Crippen molar-refractivity contribution in [2.24, 2.45) is 5.92 Å². The van der Waals surface area contributed by atoms with Crippen LogP contribution in [0.5, 0.6) is 5.75 Å². The first kappa shape index (κ1) is 43.1. The van der Waals surface area contributed by atoms with E-state index in [4.69, 9.17) is 23.4 Å². The summed E-state index contributed by atoms with van der Waals surface area (Å²) in [7, 11) is 0. The fraction of sp³-hybridized carbons (Fsp3) is 0.404. The zero-order valence-electron chi connectivity index (χ0n) is 36.0. The number of aliphatic hydroxyl groups is 2. The van der Waals surface area contributed by atoms with Gasteiger partial charge >= 0.3 is 17.6 Å². The number of aliphatic hydroxyl groups excluding tert-OH is 2. The van der Waals surface area contributed by atoms with Crippen LogP contribution in [0.2, 0.25) is 0 Å². The van der Waals surface area contributed by atoms with E-state index in [9.17, 15) is 24.6 Å². The summed E-state index contributed by atoms with van der Waals surface area (Å²) in [6.45, 7) is 6.34. The number of hydrogen-bond acceptors (Lipinski definition) is 10. The van der Waals surface area contributed by atoms with Crippen molar-refractivity contribution in [3.8, 4) is 5.75 Å². The highest BCUT2D eigenvalue weighted by Gasteiger charge is 2.51. The van der Waals surface area contributed by atoms with Gasteiger partial charge in [-0.1, -0.05) is 84.4 Å². The Hall–Kier alpha value is -5.55. The number of esters is 2. The first-order valence-electron chi connectivity index (χ1n) is 21.8. The zero-order valence-corrected chi connectivity index (χ0v) is 36.0. The van der Waals surface area contributed by atoms with Crippen molar-refractivity contribution < 1.29 is 43.2 Å². The van der Waals surface area contributed by atoms with Crippen LogP contribution in [0.4, 0.5) is 0 Å². The molecule has 0 spiro atoms. The molecule has 324 valence electrons. The fourth-order valence-corrected chi connectivity index (χ4v) is 9.95. The summed E-state index contributed by atoms with van der Waals surface area (Å²) in [6.07, 6.45) is 2.35. The minimum Gasteiger partial charge on any atom is -0.483 e. The summed E-state index contributed by atoms with van der Waals surface area (Å²) in [5, 5.41) is 20.2. The van der Waals surface area contributed by atoms with Crippen LogP contribution in [0.15, 0.2) is 111 Å². The van der Waals surface area contributed by atoms with Gasteiger partial charge in [0.1, 0.15) is 23.7 Å². The van der Waals surface area contributed by atoms with Crippen LogP contribution in [-0.4, -0.2) is 47.3 Å². The average molecular weight is 841 g/mol. The van der Waals surface area contributed by atoms with E-state index in [-0.39, 0.29) is 53.9 Å². The molecule has 2 bridgehead atoms. The van der Waals surface area contributed by atoms with Crippen molar-refractivity contribution in [1.29, 1.82) is 0 Å². The Morgan fingerprint density at radius 1 is 0.823 bits per heavy atom. The van der Waals surface area contributed by atoms with E-state index in [1.807, 2.05) is 19.9 Å². The van der Waals surface area contributed by atoms with Crippen LogP contribution in [0, 0.1) is 5.92 Å². The summed E-state index contributed by atoms with van der Waals surface area (Å²) in [4.78, 5) is 42.7. The van der Waals surface area contributed by atoms with E-state index in [1.54, 1.807) is 26.0 Å². The number of rotatable bonds is 8. The standard InChI is InChI=1S/C52H56O10/c1-31(2)39-19-15-32-13-16-35(17-14-32)40-20-18-37(36-12-8-11-34(26-36)25-33-9-6-5-7-10-33)27-38(40)28-45(55)59-48-46-44(62-52(3,4)49(48)61-50(39)56)22-21-41-43(29-53)42(23-24-58-30-54)51(57)60-47(41)46/h5-14,16-17,21-22,26,37-38,40,48-49,53-54H,15,18-20,23-25,27-30H2,1-4H3/t37-,38+,40+,48-,49+/m1/s1. The molecule has 0 unspecified atom stereocenters. The van der Waals surface area contributed by atoms with Crippen molar-refractivity contribution in [2.45, 2.75) is 115 Å². The van der Waals surface area contributed by atoms with Crippen LogP contribution < -0.4 is 10.4 Å². The van der Waals surface area contributed by atoms with E-state index < -0.39 is 48.8 Å². The summed E-state index contributed by atoms with van der Waals surface area (Å²) in [5.41, 5.74) is 6.30. The number of ether oxygens (including phenoxy) is 4. The summed E-state index contributed by atoms with van der Waals surface area (Å²) in [6, 6.07) is 31.3. The maximum atomic E-state index is 14.8. The third-order valence-electron chi connectivity index (χ3n) is 13.1. The van der Waals surface area contributed by atoms with Gasteiger partial charge in [0.15, 0.2) is 12.2 Å². The molecule has 5 aromatic rings. The van der Waals surface area contributed by atoms with E-state index in [0.29, 0.717) is 35.1 Å². The van der Waals surface area contributed by atoms with Gasteiger partial charge in [0.05, 0.1) is 18.8 Å². The first-order chi connectivity index (χ1) is 29.9. The molecule has 3 aliphatic heterocycles. The second kappa shape index (κ2) is 18.4. The van der Waals surface area contributed by atoms with Gasteiger partial charge in [-0.3, -0.25) is 4.79 Å². The smallest absolute Gasteiger partial charge is 0.339 e. The molecule has 5 atom stereocenters. The van der Waals surface area contributed by atoms with Gasteiger partial charge in [-0.05, 0) is 129 Å². The third-order valence-corrected chi connectivity index (χ3v) is 13.1. The van der Waals surface area contributed by atoms with E-state index in [1.165, 1.54) is 22.3 Å². The molecular formula is C52H56O10. The van der Waals surface area contributed by atoms with Gasteiger partial charge in [0, 0.05) is 29.4 Å². The molecule has 4 aromatic carbocycles. The SMILES string of the molecule is CC(C)=C1CCc2ccc(cc2)[C@@H]2CC[C@@H](c3cccc(Cc4ccccc4)c3)C[C@H]2CC(=O)O[C@@H]2c3c(ccc4c(CO)c(CCOCO)c(=O)oc34)OC(C)(C)[C@H]2OC1=O. The Morgan fingerprint density at radius 2 is 1.60 bits per heavy atom. The number of fused-ring (bicyclic) bond motifs is 11. The Bertz CT molecular complexity index is 2510. The second-order valence-corrected chi connectivity index (χ2v) is 17.8. The van der Waals surface area contributed by atoms with Gasteiger partial charge in [-0.25, -0.2) is 9.59 Å². The number of benzene rings is 4. The van der Waals surface area contributed by atoms with Gasteiger partial charge in [0.25, 0.3) is 0 Å². The second-order valence-electron chi connectivity index (χ2n) is 17.8. The minimum atomic E-state index is -1.23. The zero-order chi connectivity index (χ0) is 43.5. The molecule has 1 aliphatic carbocycles. The predicted molar refractivity (Wildman–Crippen MR) is 235 cm³/mol. The Labute approximate surface area is 362 Å². The summed E-state index contributed by atoms with van der Waals surface area (Å²) in [5.74, 6) is -0.451. The molecule has 62 heavy (non-hydrogen) atoms. The summed E-state index contributed by atoms with van der Waals surface area (Å²) >= 11 is 0. The van der Waals surface area contributed by atoms with Crippen molar-refractivity contribution in [1.82, 2.24) is 0 Å². The number of hydrogen-bond donors (Lipinski definition) is 2. The molecule has 1 fully saturated rings. The maximum absolute atomic E-state index is 14.8. The summed E-state index contributed by atoms with van der Waals surface area (Å²) < 4.78 is 30.7. The first-order valence-corrected chi connectivity index (χ1v) is 21.8. The highest BCUT2D eigenvalue weighted by molar-refractivity contribution is 5.90. The number of allylic oxidation sites excluding steroid dienone is 1. The lowest BCUT2D eigenvalue weighted by Crippen LogP contribution is -2.52. The monoisotopic (exact) mass is 840 g/mol. The Kier molecular flexibility index (Phi) is 12.8. The molecule has 0 saturated heterocycles. The quantitative estimate of drug-likeness (QED) is 0.0511. The Balaban J connectivity index is 1.20. The topological polar surface area (TPSA) is 142 Å². The van der Waals surface area contributed by atoms with Gasteiger partial charge in [-0.2, -0.15) is 0 Å². The van der Waals surface area contributed by atoms with Crippen LogP contribution >= 0.6 is 0 Å². The van der Waals surface area contributed by atoms with E-state index in [0.717, 1.165) is 36.8 Å². The van der Waals surface area contributed by atoms with Crippen LogP contribution in [0.25, 0.3) is 11.0 Å². The number of aryl methyl sites for hydroxylation is 1. The van der Waals surface area contributed by atoms with Crippen LogP contribution in [0.1, 0.15) is 122 Å². The van der Waals surface area contributed by atoms with E-state index in [2.05, 4.69) is 72.8 Å². The van der Waals surface area contributed by atoms with Crippen molar-refractivity contribution >= 4 is 22.9 Å². The lowest BCUT2D eigenvalue weighted by molar-refractivity contribution is -0.188. The van der Waals surface area contributed by atoms with Crippen LogP contribution in [-0.2, 0) is 49.7 Å². The van der Waals surface area contributed by atoms with Crippen molar-refractivity contribution in [3.05, 3.63) is 157 Å². The molecule has 0 radical (unpaired) electrons. The minimum absolute atomic E-state index is 0.0269. The van der Waals surface area contributed by atoms with E-state index >= 15 is 0 Å². The largest absolute Gasteiger partial charge is 0.483 e. The number of carbonyl (C=O) groups excluding carboxylic acids is 2. The molecule has 4 heterocycles. The highest BCUT2D eigenvalue weighted by Crippen LogP contribution is 2.50. The molecule has 9 rings (SSSR count). The average Bonchev–Trinajstić information content (AvgIpc) is 3.25. The molecule has 1 saturated carbocycles. The van der Waals surface area contributed by atoms with Gasteiger partial charge in [-0.15, -0.1) is 0 Å². The van der Waals surface area contributed by atoms with Gasteiger partial charge < -0.3 is 33.6 Å². The van der Waals surface area contributed by atoms with Crippen molar-refractivity contribution in [2.75, 3.05) is 13.4 Å². The third kappa shape index (κ3) is 9.00. The molecule has 4 aliphatic rings. The predicted octanol–water partition coefficient (Wildman–Crippen LogP) is 9.09. The lowest BCUT2D eigenvalue weighted by atomic mass is 9.68. The van der Waals surface area contributed by atoms with Gasteiger partial charge in [0.2, 0.25) is 0 Å². The Morgan fingerprint density at radius 3 is 2.34 bits per heavy atom. The molecule has 10 nitrogen and oxygen atoms in total. The lowest BCUT2D eigenvalue weighted by Gasteiger charge is -2.43. The normalized spacial score (nSPS) is 22.5.